The second-order valence-electron chi connectivity index (χ2n) is 7.23. The van der Waals surface area contributed by atoms with E-state index in [-0.39, 0.29) is 5.54 Å². The molecule has 0 saturated carbocycles. The minimum atomic E-state index is -0.119. The number of rotatable bonds is 2. The highest BCUT2D eigenvalue weighted by Gasteiger charge is 2.29. The second kappa shape index (κ2) is 6.35. The molecule has 26 heavy (non-hydrogen) atoms. The summed E-state index contributed by atoms with van der Waals surface area (Å²) in [4.78, 5) is 13.6. The predicted molar refractivity (Wildman–Crippen MR) is 106 cm³/mol. The topological polar surface area (TPSA) is 78.8 Å². The van der Waals surface area contributed by atoms with Gasteiger partial charge in [0.1, 0.15) is 21.6 Å². The molecule has 2 N–H and O–H groups in total. The van der Waals surface area contributed by atoms with Crippen molar-refractivity contribution in [3.8, 4) is 17.5 Å². The number of benzene rings is 1. The van der Waals surface area contributed by atoms with Gasteiger partial charge in [-0.15, -0.1) is 11.3 Å². The maximum atomic E-state index is 9.46. The summed E-state index contributed by atoms with van der Waals surface area (Å²) in [7, 11) is 0. The van der Waals surface area contributed by atoms with Crippen molar-refractivity contribution >= 4 is 27.4 Å². The van der Waals surface area contributed by atoms with Gasteiger partial charge in [0.2, 0.25) is 0 Å². The van der Waals surface area contributed by atoms with Gasteiger partial charge in [-0.05, 0) is 32.3 Å². The standard InChI is InChI=1S/C20H21N5S/c1-13-15(12-21)26-19-16(13)18(25-10-8-20(2,22)9-11-25)23-17(24-19)14-6-4-3-5-7-14/h3-7H,8-11,22H2,1-2H3. The van der Waals surface area contributed by atoms with Crippen LogP contribution in [-0.2, 0) is 0 Å². The van der Waals surface area contributed by atoms with Gasteiger partial charge in [-0.25, -0.2) is 9.97 Å². The van der Waals surface area contributed by atoms with E-state index in [1.807, 2.05) is 37.3 Å². The Morgan fingerprint density at radius 2 is 1.88 bits per heavy atom. The highest BCUT2D eigenvalue weighted by atomic mass is 32.1. The molecule has 0 spiro atoms. The van der Waals surface area contributed by atoms with E-state index in [9.17, 15) is 5.26 Å². The average Bonchev–Trinajstić information content (AvgIpc) is 2.98. The molecule has 4 rings (SSSR count). The molecule has 1 aliphatic rings. The monoisotopic (exact) mass is 363 g/mol. The van der Waals surface area contributed by atoms with E-state index in [1.165, 1.54) is 11.3 Å². The Morgan fingerprint density at radius 3 is 2.54 bits per heavy atom. The van der Waals surface area contributed by atoms with Crippen LogP contribution in [0.1, 0.15) is 30.2 Å². The molecule has 132 valence electrons. The first-order chi connectivity index (χ1) is 12.5. The average molecular weight is 363 g/mol. The van der Waals surface area contributed by atoms with Gasteiger partial charge in [0.25, 0.3) is 0 Å². The van der Waals surface area contributed by atoms with Crippen LogP contribution in [0.2, 0.25) is 0 Å². The van der Waals surface area contributed by atoms with E-state index >= 15 is 0 Å². The van der Waals surface area contributed by atoms with E-state index in [0.29, 0.717) is 10.7 Å². The molecule has 0 atom stereocenters. The first kappa shape index (κ1) is 17.0. The fraction of sp³-hybridized carbons (Fsp3) is 0.350. The van der Waals surface area contributed by atoms with E-state index in [1.54, 1.807) is 0 Å². The third kappa shape index (κ3) is 2.94. The molecule has 1 aromatic carbocycles. The lowest BCUT2D eigenvalue weighted by Crippen LogP contribution is -2.48. The summed E-state index contributed by atoms with van der Waals surface area (Å²) in [5.41, 5.74) is 8.15. The lowest BCUT2D eigenvalue weighted by atomic mass is 9.91. The Balaban J connectivity index is 1.89. The molecular weight excluding hydrogens is 342 g/mol. The molecule has 0 radical (unpaired) electrons. The molecule has 2 aromatic heterocycles. The van der Waals surface area contributed by atoms with E-state index in [0.717, 1.165) is 53.1 Å². The molecule has 3 heterocycles. The Bertz CT molecular complexity index is 990. The van der Waals surface area contributed by atoms with Gasteiger partial charge in [0.05, 0.1) is 5.39 Å². The summed E-state index contributed by atoms with van der Waals surface area (Å²) in [6, 6.07) is 12.3. The van der Waals surface area contributed by atoms with Crippen molar-refractivity contribution in [2.45, 2.75) is 32.2 Å². The number of piperidine rings is 1. The lowest BCUT2D eigenvalue weighted by molar-refractivity contribution is 0.363. The maximum absolute atomic E-state index is 9.46. The van der Waals surface area contributed by atoms with Crippen molar-refractivity contribution in [2.24, 2.45) is 5.73 Å². The molecule has 5 nitrogen and oxygen atoms in total. The summed E-state index contributed by atoms with van der Waals surface area (Å²) in [6.45, 7) is 5.83. The Hall–Kier alpha value is -2.49. The van der Waals surface area contributed by atoms with Crippen molar-refractivity contribution in [1.82, 2.24) is 9.97 Å². The van der Waals surface area contributed by atoms with Gasteiger partial charge in [-0.3, -0.25) is 0 Å². The highest BCUT2D eigenvalue weighted by molar-refractivity contribution is 7.19. The van der Waals surface area contributed by atoms with E-state index in [4.69, 9.17) is 15.7 Å². The van der Waals surface area contributed by atoms with Crippen molar-refractivity contribution in [2.75, 3.05) is 18.0 Å². The minimum Gasteiger partial charge on any atom is -0.356 e. The predicted octanol–water partition coefficient (Wildman–Crippen LogP) is 3.86. The summed E-state index contributed by atoms with van der Waals surface area (Å²) >= 11 is 1.45. The van der Waals surface area contributed by atoms with Crippen LogP contribution in [0.4, 0.5) is 5.82 Å². The number of aryl methyl sites for hydroxylation is 1. The van der Waals surface area contributed by atoms with Crippen molar-refractivity contribution in [3.63, 3.8) is 0 Å². The van der Waals surface area contributed by atoms with Gasteiger partial charge in [-0.2, -0.15) is 5.26 Å². The smallest absolute Gasteiger partial charge is 0.163 e. The molecule has 1 aliphatic heterocycles. The molecule has 0 unspecified atom stereocenters. The summed E-state index contributed by atoms with van der Waals surface area (Å²) in [5.74, 6) is 1.64. The molecule has 0 amide bonds. The Kier molecular flexibility index (Phi) is 4.14. The van der Waals surface area contributed by atoms with Crippen LogP contribution >= 0.6 is 11.3 Å². The zero-order chi connectivity index (χ0) is 18.3. The normalized spacial score (nSPS) is 16.6. The first-order valence-corrected chi connectivity index (χ1v) is 9.61. The van der Waals surface area contributed by atoms with Gasteiger partial charge >= 0.3 is 0 Å². The molecule has 0 bridgehead atoms. The molecule has 6 heteroatoms. The van der Waals surface area contributed by atoms with Crippen molar-refractivity contribution in [1.29, 1.82) is 5.26 Å². The third-order valence-corrected chi connectivity index (χ3v) is 6.20. The lowest BCUT2D eigenvalue weighted by Gasteiger charge is -2.37. The molecule has 0 aliphatic carbocycles. The summed E-state index contributed by atoms with van der Waals surface area (Å²) < 4.78 is 0. The van der Waals surface area contributed by atoms with Gasteiger partial charge < -0.3 is 10.6 Å². The van der Waals surface area contributed by atoms with Gasteiger partial charge in [0, 0.05) is 24.2 Å². The van der Waals surface area contributed by atoms with Crippen LogP contribution < -0.4 is 10.6 Å². The van der Waals surface area contributed by atoms with Crippen LogP contribution in [0.15, 0.2) is 30.3 Å². The number of nitriles is 1. The second-order valence-corrected chi connectivity index (χ2v) is 8.23. The fourth-order valence-corrected chi connectivity index (χ4v) is 4.37. The number of nitrogens with zero attached hydrogens (tertiary/aromatic N) is 4. The zero-order valence-electron chi connectivity index (χ0n) is 15.0. The number of hydrogen-bond donors (Lipinski definition) is 1. The maximum Gasteiger partial charge on any atom is 0.163 e. The van der Waals surface area contributed by atoms with E-state index in [2.05, 4.69) is 17.9 Å². The third-order valence-electron chi connectivity index (χ3n) is 5.11. The Morgan fingerprint density at radius 1 is 1.19 bits per heavy atom. The van der Waals surface area contributed by atoms with Crippen molar-refractivity contribution in [3.05, 3.63) is 40.8 Å². The van der Waals surface area contributed by atoms with Gasteiger partial charge in [-0.1, -0.05) is 30.3 Å². The number of hydrogen-bond acceptors (Lipinski definition) is 6. The molecule has 1 saturated heterocycles. The number of aromatic nitrogens is 2. The summed E-state index contributed by atoms with van der Waals surface area (Å²) in [5, 5.41) is 10.5. The SMILES string of the molecule is Cc1c(C#N)sc2nc(-c3ccccc3)nc(N3CCC(C)(N)CC3)c12. The van der Waals surface area contributed by atoms with Crippen LogP contribution in [0.5, 0.6) is 0 Å². The first-order valence-electron chi connectivity index (χ1n) is 8.79. The van der Waals surface area contributed by atoms with E-state index < -0.39 is 0 Å². The van der Waals surface area contributed by atoms with Crippen LogP contribution in [-0.4, -0.2) is 28.6 Å². The molecular formula is C20H21N5S. The zero-order valence-corrected chi connectivity index (χ0v) is 15.8. The van der Waals surface area contributed by atoms with Crippen molar-refractivity contribution < 1.29 is 0 Å². The molecule has 3 aromatic rings. The number of nitrogens with two attached hydrogens (primary N) is 1. The van der Waals surface area contributed by atoms with Gasteiger partial charge in [0.15, 0.2) is 5.82 Å². The quantitative estimate of drug-likeness (QED) is 0.748. The highest BCUT2D eigenvalue weighted by Crippen LogP contribution is 2.38. The molecule has 1 fully saturated rings. The van der Waals surface area contributed by atoms with Crippen LogP contribution in [0.3, 0.4) is 0 Å². The fourth-order valence-electron chi connectivity index (χ4n) is 3.40. The summed E-state index contributed by atoms with van der Waals surface area (Å²) in [6.07, 6.45) is 1.85. The number of anilines is 1. The largest absolute Gasteiger partial charge is 0.356 e. The minimum absolute atomic E-state index is 0.119. The number of fused-ring (bicyclic) bond motifs is 1. The van der Waals surface area contributed by atoms with Crippen LogP contribution in [0.25, 0.3) is 21.6 Å². The Labute approximate surface area is 157 Å². The number of thiophene rings is 1. The van der Waals surface area contributed by atoms with Crippen LogP contribution in [0, 0.1) is 18.3 Å².